The van der Waals surface area contributed by atoms with Gasteiger partial charge in [0.1, 0.15) is 0 Å². The van der Waals surface area contributed by atoms with Crippen molar-refractivity contribution >= 4 is 35.8 Å². The summed E-state index contributed by atoms with van der Waals surface area (Å²) in [6, 6.07) is 6.56. The normalized spacial score (nSPS) is 20.3. The van der Waals surface area contributed by atoms with Crippen LogP contribution in [-0.4, -0.2) is 63.7 Å². The van der Waals surface area contributed by atoms with Gasteiger partial charge in [-0.15, -0.1) is 24.0 Å². The topological polar surface area (TPSA) is 75.2 Å². The quantitative estimate of drug-likeness (QED) is 0.304. The minimum Gasteiger partial charge on any atom is -0.493 e. The summed E-state index contributed by atoms with van der Waals surface area (Å²) in [5, 5.41) is 7.12. The van der Waals surface area contributed by atoms with E-state index in [-0.39, 0.29) is 41.3 Å². The molecule has 1 aromatic carbocycles. The van der Waals surface area contributed by atoms with E-state index >= 15 is 0 Å². The molecule has 0 spiro atoms. The fourth-order valence-electron chi connectivity index (χ4n) is 4.93. The van der Waals surface area contributed by atoms with Gasteiger partial charge in [0.15, 0.2) is 17.5 Å². The van der Waals surface area contributed by atoms with Crippen LogP contribution in [-0.2, 0) is 10.2 Å². The van der Waals surface area contributed by atoms with E-state index in [1.165, 1.54) is 24.8 Å². The monoisotopic (exact) mass is 558 g/mol. The van der Waals surface area contributed by atoms with Crippen LogP contribution in [0.3, 0.4) is 0 Å². The van der Waals surface area contributed by atoms with E-state index in [4.69, 9.17) is 9.47 Å². The fraction of sp³-hybridized carbons (Fsp3) is 0.667. The van der Waals surface area contributed by atoms with E-state index in [0.717, 1.165) is 56.4 Å². The van der Waals surface area contributed by atoms with Crippen LogP contribution in [0.15, 0.2) is 23.2 Å². The lowest BCUT2D eigenvalue weighted by Crippen LogP contribution is -2.49. The molecule has 32 heavy (non-hydrogen) atoms. The molecule has 1 aliphatic carbocycles. The number of hydrogen-bond acceptors (Lipinski definition) is 4. The number of rotatable bonds is 7. The van der Waals surface area contributed by atoms with Crippen LogP contribution in [0.25, 0.3) is 0 Å². The van der Waals surface area contributed by atoms with Crippen molar-refractivity contribution < 1.29 is 14.3 Å². The molecule has 1 aromatic rings. The Morgan fingerprint density at radius 3 is 2.53 bits per heavy atom. The maximum atomic E-state index is 12.0. The molecular formula is C24H39IN4O3. The summed E-state index contributed by atoms with van der Waals surface area (Å²) in [5.41, 5.74) is 1.32. The number of carbonyl (C=O) groups is 1. The molecule has 8 heteroatoms. The van der Waals surface area contributed by atoms with Crippen LogP contribution in [0.5, 0.6) is 11.5 Å². The molecule has 0 bridgehead atoms. The second kappa shape index (κ2) is 12.5. The fourth-order valence-corrected chi connectivity index (χ4v) is 4.93. The number of nitrogens with one attached hydrogen (secondary N) is 2. The van der Waals surface area contributed by atoms with E-state index in [1.54, 1.807) is 14.2 Å². The van der Waals surface area contributed by atoms with Crippen molar-refractivity contribution in [2.75, 3.05) is 40.9 Å². The predicted molar refractivity (Wildman–Crippen MR) is 139 cm³/mol. The molecule has 3 rings (SSSR count). The molecule has 1 saturated heterocycles. The summed E-state index contributed by atoms with van der Waals surface area (Å²) in [6.45, 7) is 4.29. The number of amides is 1. The number of guanidine groups is 1. The smallest absolute Gasteiger partial charge is 0.222 e. The number of carbonyl (C=O) groups excluding carboxylic acids is 1. The zero-order chi connectivity index (χ0) is 22.3. The van der Waals surface area contributed by atoms with E-state index < -0.39 is 0 Å². The van der Waals surface area contributed by atoms with Crippen LogP contribution >= 0.6 is 24.0 Å². The number of halogens is 1. The summed E-state index contributed by atoms with van der Waals surface area (Å²) < 4.78 is 11.0. The molecule has 2 aliphatic rings. The van der Waals surface area contributed by atoms with Gasteiger partial charge in [0.2, 0.25) is 5.91 Å². The Kier molecular flexibility index (Phi) is 10.4. The highest BCUT2D eigenvalue weighted by atomic mass is 127. The first kappa shape index (κ1) is 26.5. The average molecular weight is 559 g/mol. The highest BCUT2D eigenvalue weighted by Crippen LogP contribution is 2.42. The van der Waals surface area contributed by atoms with E-state index in [9.17, 15) is 4.79 Å². The lowest BCUT2D eigenvalue weighted by atomic mass is 9.69. The molecule has 0 radical (unpaired) electrons. The van der Waals surface area contributed by atoms with Crippen molar-refractivity contribution in [3.8, 4) is 11.5 Å². The molecular weight excluding hydrogens is 519 g/mol. The van der Waals surface area contributed by atoms with Gasteiger partial charge in [-0.1, -0.05) is 32.3 Å². The maximum absolute atomic E-state index is 12.0. The summed E-state index contributed by atoms with van der Waals surface area (Å²) in [4.78, 5) is 18.4. The van der Waals surface area contributed by atoms with E-state index in [0.29, 0.717) is 6.42 Å². The molecule has 2 fully saturated rings. The number of likely N-dealkylation sites (tertiary alicyclic amines) is 1. The van der Waals surface area contributed by atoms with E-state index in [2.05, 4.69) is 27.8 Å². The molecule has 2 N–H and O–H groups in total. The SMILES string of the molecule is CCC(=O)N1CCC(NC(=NC)NCC2(c3ccc(OC)c(OC)c3)CCCCC2)C1.I. The lowest BCUT2D eigenvalue weighted by molar-refractivity contribution is -0.129. The highest BCUT2D eigenvalue weighted by Gasteiger charge is 2.35. The van der Waals surface area contributed by atoms with Crippen LogP contribution in [0.2, 0.25) is 0 Å². The second-order valence-electron chi connectivity index (χ2n) is 8.66. The minimum atomic E-state index is 0. The van der Waals surface area contributed by atoms with Gasteiger partial charge in [0.05, 0.1) is 14.2 Å². The number of ether oxygens (including phenoxy) is 2. The Hall–Kier alpha value is -1.71. The first-order valence-electron chi connectivity index (χ1n) is 11.5. The highest BCUT2D eigenvalue weighted by molar-refractivity contribution is 14.0. The van der Waals surface area contributed by atoms with Gasteiger partial charge in [-0.05, 0) is 37.0 Å². The average Bonchev–Trinajstić information content (AvgIpc) is 3.29. The summed E-state index contributed by atoms with van der Waals surface area (Å²) in [7, 11) is 5.17. The third kappa shape index (κ3) is 6.20. The largest absolute Gasteiger partial charge is 0.493 e. The van der Waals surface area contributed by atoms with E-state index in [1.807, 2.05) is 24.9 Å². The van der Waals surface area contributed by atoms with Crippen LogP contribution in [0.4, 0.5) is 0 Å². The predicted octanol–water partition coefficient (Wildman–Crippen LogP) is 3.70. The third-order valence-electron chi connectivity index (χ3n) is 6.81. The Morgan fingerprint density at radius 1 is 1.19 bits per heavy atom. The van der Waals surface area contributed by atoms with Gasteiger partial charge in [-0.2, -0.15) is 0 Å². The van der Waals surface area contributed by atoms with Gasteiger partial charge < -0.3 is 25.0 Å². The van der Waals surface area contributed by atoms with Crippen LogP contribution < -0.4 is 20.1 Å². The van der Waals surface area contributed by atoms with Crippen molar-refractivity contribution in [3.05, 3.63) is 23.8 Å². The van der Waals surface area contributed by atoms with Gasteiger partial charge in [-0.3, -0.25) is 9.79 Å². The molecule has 0 aromatic heterocycles. The van der Waals surface area contributed by atoms with Crippen LogP contribution in [0.1, 0.15) is 57.4 Å². The number of nitrogens with zero attached hydrogens (tertiary/aromatic N) is 2. The summed E-state index contributed by atoms with van der Waals surface area (Å²) >= 11 is 0. The molecule has 1 saturated carbocycles. The molecule has 1 amide bonds. The number of methoxy groups -OCH3 is 2. The summed E-state index contributed by atoms with van der Waals surface area (Å²) in [5.74, 6) is 2.57. The number of benzene rings is 1. The third-order valence-corrected chi connectivity index (χ3v) is 6.81. The number of hydrogen-bond donors (Lipinski definition) is 2. The Morgan fingerprint density at radius 2 is 1.91 bits per heavy atom. The zero-order valence-electron chi connectivity index (χ0n) is 19.9. The zero-order valence-corrected chi connectivity index (χ0v) is 22.2. The Balaban J connectivity index is 0.00000363. The first-order chi connectivity index (χ1) is 15.0. The standard InChI is InChI=1S/C24H38N4O3.HI/c1-5-22(29)28-14-11-19(16-28)27-23(25-2)26-17-24(12-7-6-8-13-24)18-9-10-20(30-3)21(15-18)31-4;/h9-10,15,19H,5-8,11-14,16-17H2,1-4H3,(H2,25,26,27);1H. The molecule has 1 aliphatic heterocycles. The Bertz CT molecular complexity index is 781. The second-order valence-corrected chi connectivity index (χ2v) is 8.66. The summed E-state index contributed by atoms with van der Waals surface area (Å²) in [6.07, 6.45) is 7.51. The van der Waals surface area contributed by atoms with Crippen molar-refractivity contribution in [2.24, 2.45) is 4.99 Å². The van der Waals surface area contributed by atoms with Gasteiger partial charge in [0, 0.05) is 44.6 Å². The Labute approximate surface area is 209 Å². The first-order valence-corrected chi connectivity index (χ1v) is 11.5. The maximum Gasteiger partial charge on any atom is 0.222 e. The van der Waals surface area contributed by atoms with Crippen molar-refractivity contribution in [1.29, 1.82) is 0 Å². The lowest BCUT2D eigenvalue weighted by Gasteiger charge is -2.39. The van der Waals surface area contributed by atoms with Gasteiger partial charge in [-0.25, -0.2) is 0 Å². The van der Waals surface area contributed by atoms with Crippen molar-refractivity contribution in [3.63, 3.8) is 0 Å². The molecule has 1 heterocycles. The van der Waals surface area contributed by atoms with Crippen molar-refractivity contribution in [1.82, 2.24) is 15.5 Å². The van der Waals surface area contributed by atoms with Gasteiger partial charge in [0.25, 0.3) is 0 Å². The van der Waals surface area contributed by atoms with Gasteiger partial charge >= 0.3 is 0 Å². The minimum absolute atomic E-state index is 0. The van der Waals surface area contributed by atoms with Crippen molar-refractivity contribution in [2.45, 2.75) is 63.3 Å². The van der Waals surface area contributed by atoms with Crippen LogP contribution in [0, 0.1) is 0 Å². The molecule has 1 unspecified atom stereocenters. The molecule has 7 nitrogen and oxygen atoms in total. The number of aliphatic imine (C=N–C) groups is 1. The molecule has 1 atom stereocenters. The molecule has 180 valence electrons.